The molecule has 0 amide bonds. The summed E-state index contributed by atoms with van der Waals surface area (Å²) < 4.78 is 47.9. The molecule has 0 bridgehead atoms. The third kappa shape index (κ3) is 13.1. The van der Waals surface area contributed by atoms with Gasteiger partial charge in [0.15, 0.2) is 39.6 Å². The normalized spacial score (nSPS) is 17.7. The van der Waals surface area contributed by atoms with E-state index in [4.69, 9.17) is 29.8 Å². The van der Waals surface area contributed by atoms with Crippen molar-refractivity contribution in [1.82, 2.24) is 24.7 Å². The lowest BCUT2D eigenvalue weighted by molar-refractivity contribution is 0.263. The summed E-state index contributed by atoms with van der Waals surface area (Å²) >= 11 is 0. The van der Waals surface area contributed by atoms with Crippen molar-refractivity contribution in [2.45, 2.75) is 140 Å². The van der Waals surface area contributed by atoms with E-state index in [-0.39, 0.29) is 24.7 Å². The molecule has 0 spiro atoms. The molecular weight excluding hydrogens is 1510 g/mol. The number of anilines is 10. The predicted molar refractivity (Wildman–Crippen MR) is 506 cm³/mol. The summed E-state index contributed by atoms with van der Waals surface area (Å²) in [4.78, 5) is 31.6. The van der Waals surface area contributed by atoms with E-state index in [0.717, 1.165) is 139 Å². The number of rotatable bonds is 8. The predicted octanol–water partition coefficient (Wildman–Crippen LogP) is 27.1. The molecule has 5 unspecified atom stereocenters. The van der Waals surface area contributed by atoms with Gasteiger partial charge in [0.1, 0.15) is 58.7 Å². The van der Waals surface area contributed by atoms with Crippen LogP contribution in [-0.2, 0) is 0 Å². The second-order valence-electron chi connectivity index (χ2n) is 32.9. The minimum Gasteiger partial charge on any atom is -0.454 e. The van der Waals surface area contributed by atoms with Crippen LogP contribution < -0.4 is 34.3 Å². The van der Waals surface area contributed by atoms with Crippen LogP contribution in [0.2, 0.25) is 0 Å². The van der Waals surface area contributed by atoms with Crippen molar-refractivity contribution in [2.24, 2.45) is 0 Å². The number of para-hydroxylation sites is 8. The SMILES string of the molecule is Cc1ccc2c(oc3ccccc32)c1N1C=CN(C)C1C.Cc1ccc2c(oc3ccccc32)c1N1c2ccccc2N(C)C1C.Cc1ccc2c(oc3ccccc32)c1N1c2nccnc2N(c2ccccc2)C1C.[2H]C(C)(C)N1C=CN(c2c(C)ccc3c2oc2ccccc23)C1C.[2H]C(C)(C)N1C=CN(c2c(C)ccc3c2oc2ccccc23)C1C. The molecule has 23 rings (SSSR count). The highest BCUT2D eigenvalue weighted by Crippen LogP contribution is 2.52. The Labute approximate surface area is 714 Å². The van der Waals surface area contributed by atoms with E-state index >= 15 is 0 Å². The van der Waals surface area contributed by atoms with Crippen LogP contribution in [0.3, 0.4) is 0 Å². The average molecular weight is 1610 g/mol. The fourth-order valence-corrected chi connectivity index (χ4v) is 18.6. The zero-order chi connectivity index (χ0) is 86.1. The zero-order valence-corrected chi connectivity index (χ0v) is 71.9. The Hall–Kier alpha value is -14.1. The highest BCUT2D eigenvalue weighted by Gasteiger charge is 2.41. The molecule has 5 aliphatic heterocycles. The molecule has 122 heavy (non-hydrogen) atoms. The van der Waals surface area contributed by atoms with E-state index in [1.54, 1.807) is 12.4 Å². The van der Waals surface area contributed by atoms with Crippen LogP contribution >= 0.6 is 0 Å². The summed E-state index contributed by atoms with van der Waals surface area (Å²) in [5.41, 5.74) is 24.3. The minimum atomic E-state index is -0.666. The number of hydrogen-bond acceptors (Lipinski definition) is 17. The Morgan fingerprint density at radius 2 is 0.590 bits per heavy atom. The van der Waals surface area contributed by atoms with Crippen molar-refractivity contribution in [1.29, 1.82) is 0 Å². The van der Waals surface area contributed by atoms with E-state index in [2.05, 4.69) is 292 Å². The molecule has 17 heteroatoms. The van der Waals surface area contributed by atoms with E-state index < -0.39 is 12.0 Å². The fraction of sp³-hybridized carbons (Fsp3) is 0.219. The summed E-state index contributed by atoms with van der Waals surface area (Å²) in [6, 6.07) is 80.1. The van der Waals surface area contributed by atoms with E-state index in [1.165, 1.54) is 55.2 Å². The van der Waals surface area contributed by atoms with Crippen molar-refractivity contribution in [3.8, 4) is 0 Å². The van der Waals surface area contributed by atoms with Crippen molar-refractivity contribution in [3.63, 3.8) is 0 Å². The quantitative estimate of drug-likeness (QED) is 0.143. The summed E-state index contributed by atoms with van der Waals surface area (Å²) in [5.74, 6) is 1.69. The summed E-state index contributed by atoms with van der Waals surface area (Å²) in [5, 5.41) is 11.5. The highest BCUT2D eigenvalue weighted by molar-refractivity contribution is 6.15. The number of fused-ring (bicyclic) bond motifs is 17. The Kier molecular flexibility index (Phi) is 19.3. The first-order chi connectivity index (χ1) is 59.8. The number of benzene rings is 12. The van der Waals surface area contributed by atoms with E-state index in [9.17, 15) is 0 Å². The molecule has 0 N–H and O–H groups in total. The molecule has 0 saturated heterocycles. The number of nitrogens with zero attached hydrogens (tertiary/aromatic N) is 12. The maximum absolute atomic E-state index is 8.34. The van der Waals surface area contributed by atoms with Crippen molar-refractivity contribution < 1.29 is 24.8 Å². The van der Waals surface area contributed by atoms with E-state index in [1.807, 2.05) is 147 Å². The number of hydrogen-bond donors (Lipinski definition) is 0. The van der Waals surface area contributed by atoms with Gasteiger partial charge in [0.2, 0.25) is 0 Å². The summed E-state index contributed by atoms with van der Waals surface area (Å²) in [7, 11) is 4.24. The van der Waals surface area contributed by atoms with Crippen molar-refractivity contribution in [2.75, 3.05) is 48.4 Å². The van der Waals surface area contributed by atoms with Gasteiger partial charge in [-0.05, 0) is 179 Å². The number of aryl methyl sites for hydroxylation is 5. The first kappa shape index (κ1) is 75.4. The van der Waals surface area contributed by atoms with Gasteiger partial charge < -0.3 is 66.2 Å². The van der Waals surface area contributed by atoms with Gasteiger partial charge in [-0.15, -0.1) is 0 Å². The molecule has 0 aliphatic carbocycles. The topological polar surface area (TPSA) is 124 Å². The summed E-state index contributed by atoms with van der Waals surface area (Å²) in [6.07, 6.45) is 16.5. The van der Waals surface area contributed by atoms with Crippen molar-refractivity contribution >= 4 is 167 Å². The Morgan fingerprint density at radius 1 is 0.287 bits per heavy atom. The second kappa shape index (κ2) is 31.3. The van der Waals surface area contributed by atoms with Gasteiger partial charge in [-0.3, -0.25) is 4.90 Å². The third-order valence-electron chi connectivity index (χ3n) is 25.1. The lowest BCUT2D eigenvalue weighted by Gasteiger charge is -2.33. The molecule has 17 nitrogen and oxygen atoms in total. The number of furan rings is 5. The monoisotopic (exact) mass is 1610 g/mol. The Balaban J connectivity index is 0.000000102. The van der Waals surface area contributed by atoms with Gasteiger partial charge in [0.05, 0.1) is 42.6 Å². The zero-order valence-electron chi connectivity index (χ0n) is 73.9. The molecule has 18 aromatic rings. The fourth-order valence-electron chi connectivity index (χ4n) is 18.6. The first-order valence-corrected chi connectivity index (χ1v) is 42.1. The van der Waals surface area contributed by atoms with Crippen LogP contribution in [0.5, 0.6) is 0 Å². The van der Waals surface area contributed by atoms with Crippen LogP contribution in [0.4, 0.5) is 57.1 Å². The maximum atomic E-state index is 8.34. The Bertz CT molecular complexity index is 7090. The number of aromatic nitrogens is 2. The molecule has 0 fully saturated rings. The van der Waals surface area contributed by atoms with Crippen LogP contribution in [-0.4, -0.2) is 81.6 Å². The Morgan fingerprint density at radius 3 is 0.943 bits per heavy atom. The van der Waals surface area contributed by atoms with Crippen molar-refractivity contribution in [3.05, 3.63) is 314 Å². The first-order valence-electron chi connectivity index (χ1n) is 43.1. The van der Waals surface area contributed by atoms with Crippen LogP contribution in [0, 0.1) is 34.6 Å². The second-order valence-corrected chi connectivity index (χ2v) is 32.9. The van der Waals surface area contributed by atoms with E-state index in [0.29, 0.717) is 6.17 Å². The average Bonchev–Trinajstić information content (AvgIpc) is 1.67. The molecule has 0 radical (unpaired) electrons. The van der Waals surface area contributed by atoms with Crippen LogP contribution in [0.15, 0.2) is 308 Å². The lowest BCUT2D eigenvalue weighted by atomic mass is 10.1. The van der Waals surface area contributed by atoms with Gasteiger partial charge in [0.25, 0.3) is 0 Å². The van der Waals surface area contributed by atoms with Gasteiger partial charge in [-0.2, -0.15) is 0 Å². The maximum Gasteiger partial charge on any atom is 0.178 e. The third-order valence-corrected chi connectivity index (χ3v) is 25.1. The molecule has 12 aromatic carbocycles. The van der Waals surface area contributed by atoms with Gasteiger partial charge in [0, 0.05) is 135 Å². The standard InChI is InChI=1S/C25H20N4O.C22H20N2O.2C20H22N2O.C18H18N2O/c1-16-12-13-20-19-10-6-7-11-21(19)30-23(20)22(16)29-17(2)28(18-8-4-3-5-9-18)24-25(29)27-15-14-26-24;1-14-12-13-17-16-8-4-7-11-20(16)25-22(17)21(14)24-15(2)23(3)18-9-5-6-10-19(18)24;2*1-13(2)21-11-12-22(15(21)4)19-14(3)9-10-17-16-7-5-6-8-18(16)23-20(17)19;1-12-8-9-15-14-6-4-5-7-16(14)21-18(15)17(12)20-11-10-19(3)13(20)2/h3-15,17H,1-2H3;4-13,15H,1-3H3;2*5-13,15H,1-4H3;4-11,13H,1-3H3/i;;2*13D;. The molecule has 0 saturated carbocycles. The molecule has 11 heterocycles. The van der Waals surface area contributed by atoms with Crippen LogP contribution in [0.25, 0.3) is 110 Å². The lowest BCUT2D eigenvalue weighted by Crippen LogP contribution is -2.39. The molecule has 612 valence electrons. The van der Waals surface area contributed by atoms with Gasteiger partial charge in [-0.25, -0.2) is 9.97 Å². The smallest absolute Gasteiger partial charge is 0.178 e. The summed E-state index contributed by atoms with van der Waals surface area (Å²) in [6.45, 7) is 29.1. The molecule has 5 atom stereocenters. The van der Waals surface area contributed by atoms with Gasteiger partial charge in [-0.1, -0.05) is 182 Å². The molecule has 6 aromatic heterocycles. The largest absolute Gasteiger partial charge is 0.454 e. The van der Waals surface area contributed by atoms with Gasteiger partial charge >= 0.3 is 0 Å². The van der Waals surface area contributed by atoms with Crippen LogP contribution in [0.1, 0.15) is 92.9 Å². The molecular formula is C105H102N12O5. The highest BCUT2D eigenvalue weighted by atomic mass is 16.3. The minimum absolute atomic E-state index is 0.0117. The molecule has 5 aliphatic rings.